The highest BCUT2D eigenvalue weighted by atomic mass is 79.9. The van der Waals surface area contributed by atoms with Crippen LogP contribution in [0.1, 0.15) is 10.4 Å². The van der Waals surface area contributed by atoms with E-state index < -0.39 is 22.3 Å². The smallest absolute Gasteiger partial charge is 0.306 e. The average Bonchev–Trinajstić information content (AvgIpc) is 2.08. The maximum Gasteiger partial charge on any atom is 0.306 e. The molecule has 0 bridgehead atoms. The Balaban J connectivity index is 3.41. The van der Waals surface area contributed by atoms with Gasteiger partial charge in [-0.1, -0.05) is 0 Å². The molecule has 1 rings (SSSR count). The fourth-order valence-electron chi connectivity index (χ4n) is 0.871. The lowest BCUT2D eigenvalue weighted by molar-refractivity contribution is -0.387. The lowest BCUT2D eigenvalue weighted by Gasteiger charge is -2.01. The lowest BCUT2D eigenvalue weighted by atomic mass is 10.2. The van der Waals surface area contributed by atoms with E-state index in [2.05, 4.69) is 15.9 Å². The Morgan fingerprint density at radius 3 is 2.57 bits per heavy atom. The number of hydrogen-bond donors (Lipinski definition) is 1. The summed E-state index contributed by atoms with van der Waals surface area (Å²) in [6, 6.07) is 1.98. The predicted molar refractivity (Wildman–Crippen MR) is 49.3 cm³/mol. The first kappa shape index (κ1) is 10.6. The molecule has 0 unspecified atom stereocenters. The van der Waals surface area contributed by atoms with Crippen molar-refractivity contribution in [2.24, 2.45) is 5.73 Å². The van der Waals surface area contributed by atoms with Crippen molar-refractivity contribution in [3.05, 3.63) is 38.1 Å². The molecule has 0 fully saturated rings. The van der Waals surface area contributed by atoms with E-state index in [4.69, 9.17) is 5.73 Å². The third-order valence-electron chi connectivity index (χ3n) is 1.52. The predicted octanol–water partition coefficient (Wildman–Crippen LogP) is 1.60. The molecule has 7 heteroatoms. The number of nitro benzene ring substituents is 1. The molecule has 0 heterocycles. The Bertz CT molecular complexity index is 383. The van der Waals surface area contributed by atoms with Crippen molar-refractivity contribution < 1.29 is 14.1 Å². The second-order valence-electron chi connectivity index (χ2n) is 2.38. The highest BCUT2D eigenvalue weighted by molar-refractivity contribution is 9.10. The van der Waals surface area contributed by atoms with Gasteiger partial charge in [-0.2, -0.15) is 4.39 Å². The SMILES string of the molecule is NC(=O)c1ccc([N+](=O)[O-])c(F)c1Br. The van der Waals surface area contributed by atoms with Crippen LogP contribution in [0.5, 0.6) is 0 Å². The van der Waals surface area contributed by atoms with Crippen LogP contribution in [0.4, 0.5) is 10.1 Å². The molecule has 14 heavy (non-hydrogen) atoms. The van der Waals surface area contributed by atoms with Gasteiger partial charge in [-0.15, -0.1) is 0 Å². The molecule has 0 aliphatic heterocycles. The van der Waals surface area contributed by atoms with E-state index in [1.54, 1.807) is 0 Å². The van der Waals surface area contributed by atoms with E-state index in [1.165, 1.54) is 0 Å². The zero-order valence-corrected chi connectivity index (χ0v) is 8.25. The molecule has 2 N–H and O–H groups in total. The molecule has 0 aliphatic rings. The average molecular weight is 263 g/mol. The van der Waals surface area contributed by atoms with Crippen LogP contribution in [0.25, 0.3) is 0 Å². The summed E-state index contributed by atoms with van der Waals surface area (Å²) in [6.45, 7) is 0. The summed E-state index contributed by atoms with van der Waals surface area (Å²) in [4.78, 5) is 20.1. The molecule has 0 atom stereocenters. The Kier molecular flexibility index (Phi) is 2.80. The van der Waals surface area contributed by atoms with Crippen LogP contribution in [-0.4, -0.2) is 10.8 Å². The van der Waals surface area contributed by atoms with Crippen molar-refractivity contribution in [3.63, 3.8) is 0 Å². The second-order valence-corrected chi connectivity index (χ2v) is 3.17. The number of benzene rings is 1. The van der Waals surface area contributed by atoms with Crippen LogP contribution in [0.15, 0.2) is 16.6 Å². The first-order chi connectivity index (χ1) is 6.45. The maximum absolute atomic E-state index is 13.2. The topological polar surface area (TPSA) is 86.2 Å². The summed E-state index contributed by atoms with van der Waals surface area (Å²) < 4.78 is 12.9. The van der Waals surface area contributed by atoms with Gasteiger partial charge in [0.05, 0.1) is 15.0 Å². The molecular weight excluding hydrogens is 259 g/mol. The molecule has 1 amide bonds. The number of nitrogens with zero attached hydrogens (tertiary/aromatic N) is 1. The zero-order chi connectivity index (χ0) is 10.9. The number of halogens is 2. The Morgan fingerprint density at radius 1 is 1.57 bits per heavy atom. The largest absolute Gasteiger partial charge is 0.366 e. The molecule has 0 aliphatic carbocycles. The van der Waals surface area contributed by atoms with Gasteiger partial charge in [0.25, 0.3) is 0 Å². The monoisotopic (exact) mass is 262 g/mol. The molecule has 0 spiro atoms. The van der Waals surface area contributed by atoms with Crippen molar-refractivity contribution in [3.8, 4) is 0 Å². The van der Waals surface area contributed by atoms with Gasteiger partial charge in [-0.3, -0.25) is 14.9 Å². The second kappa shape index (κ2) is 3.70. The molecule has 5 nitrogen and oxygen atoms in total. The van der Waals surface area contributed by atoms with E-state index in [0.717, 1.165) is 12.1 Å². The normalized spacial score (nSPS) is 9.86. The van der Waals surface area contributed by atoms with E-state index in [-0.39, 0.29) is 10.0 Å². The Morgan fingerprint density at radius 2 is 2.14 bits per heavy atom. The third kappa shape index (κ3) is 1.72. The van der Waals surface area contributed by atoms with Crippen LogP contribution < -0.4 is 5.73 Å². The van der Waals surface area contributed by atoms with Gasteiger partial charge in [0.15, 0.2) is 0 Å². The minimum absolute atomic E-state index is 0.131. The van der Waals surface area contributed by atoms with E-state index >= 15 is 0 Å². The van der Waals surface area contributed by atoms with Crippen LogP contribution in [0, 0.1) is 15.9 Å². The van der Waals surface area contributed by atoms with Crippen molar-refractivity contribution in [2.75, 3.05) is 0 Å². The first-order valence-corrected chi connectivity index (χ1v) is 4.16. The standard InChI is InChI=1S/C7H4BrFN2O3/c8-5-3(7(10)12)1-2-4(6(5)9)11(13)14/h1-2H,(H2,10,12). The van der Waals surface area contributed by atoms with Gasteiger partial charge in [0.1, 0.15) is 0 Å². The number of hydrogen-bond acceptors (Lipinski definition) is 3. The summed E-state index contributed by atoms with van der Waals surface area (Å²) in [5, 5.41) is 10.3. The number of carbonyl (C=O) groups excluding carboxylic acids is 1. The first-order valence-electron chi connectivity index (χ1n) is 3.37. The highest BCUT2D eigenvalue weighted by Gasteiger charge is 2.21. The number of carbonyl (C=O) groups is 1. The molecule has 0 radical (unpaired) electrons. The van der Waals surface area contributed by atoms with Crippen LogP contribution in [0.2, 0.25) is 0 Å². The minimum Gasteiger partial charge on any atom is -0.366 e. The summed E-state index contributed by atoms with van der Waals surface area (Å²) >= 11 is 2.72. The maximum atomic E-state index is 13.2. The van der Waals surface area contributed by atoms with Gasteiger partial charge in [0, 0.05) is 6.07 Å². The van der Waals surface area contributed by atoms with Gasteiger partial charge in [0.2, 0.25) is 11.7 Å². The minimum atomic E-state index is -1.11. The van der Waals surface area contributed by atoms with Crippen molar-refractivity contribution in [1.29, 1.82) is 0 Å². The van der Waals surface area contributed by atoms with E-state index in [0.29, 0.717) is 0 Å². The Hall–Kier alpha value is -1.50. The van der Waals surface area contributed by atoms with Gasteiger partial charge in [-0.05, 0) is 22.0 Å². The molecule has 1 aromatic rings. The Labute approximate surface area is 86.0 Å². The van der Waals surface area contributed by atoms with Crippen molar-refractivity contribution in [1.82, 2.24) is 0 Å². The van der Waals surface area contributed by atoms with Crippen LogP contribution >= 0.6 is 15.9 Å². The summed E-state index contributed by atoms with van der Waals surface area (Å²) in [5.41, 5.74) is 4.07. The third-order valence-corrected chi connectivity index (χ3v) is 2.30. The fraction of sp³-hybridized carbons (Fsp3) is 0. The van der Waals surface area contributed by atoms with Crippen LogP contribution in [-0.2, 0) is 0 Å². The summed E-state index contributed by atoms with van der Waals surface area (Å²) in [5.74, 6) is -1.96. The van der Waals surface area contributed by atoms with E-state index in [9.17, 15) is 19.3 Å². The molecule has 0 saturated heterocycles. The number of nitro groups is 1. The zero-order valence-electron chi connectivity index (χ0n) is 6.66. The summed E-state index contributed by atoms with van der Waals surface area (Å²) in [7, 11) is 0. The number of amides is 1. The number of rotatable bonds is 2. The fourth-order valence-corrected chi connectivity index (χ4v) is 1.40. The van der Waals surface area contributed by atoms with Crippen molar-refractivity contribution in [2.45, 2.75) is 0 Å². The number of nitrogens with two attached hydrogens (primary N) is 1. The molecule has 0 aromatic heterocycles. The van der Waals surface area contributed by atoms with Crippen LogP contribution in [0.3, 0.4) is 0 Å². The molecule has 1 aromatic carbocycles. The van der Waals surface area contributed by atoms with Gasteiger partial charge >= 0.3 is 5.69 Å². The summed E-state index contributed by atoms with van der Waals surface area (Å²) in [6.07, 6.45) is 0. The van der Waals surface area contributed by atoms with Gasteiger partial charge in [-0.25, -0.2) is 0 Å². The number of primary amides is 1. The van der Waals surface area contributed by atoms with Gasteiger partial charge < -0.3 is 5.73 Å². The van der Waals surface area contributed by atoms with E-state index in [1.807, 2.05) is 0 Å². The highest BCUT2D eigenvalue weighted by Crippen LogP contribution is 2.27. The quantitative estimate of drug-likeness (QED) is 0.649. The molecular formula is C7H4BrFN2O3. The van der Waals surface area contributed by atoms with Crippen molar-refractivity contribution >= 4 is 27.5 Å². The lowest BCUT2D eigenvalue weighted by Crippen LogP contribution is -2.12. The molecule has 74 valence electrons. The molecule has 0 saturated carbocycles.